The van der Waals surface area contributed by atoms with Crippen LogP contribution in [0.5, 0.6) is 11.5 Å². The average Bonchev–Trinajstić information content (AvgIpc) is 3.22. The predicted octanol–water partition coefficient (Wildman–Crippen LogP) is 2.33. The highest BCUT2D eigenvalue weighted by Crippen LogP contribution is 2.42. The lowest BCUT2D eigenvalue weighted by Crippen LogP contribution is -2.52. The summed E-state index contributed by atoms with van der Waals surface area (Å²) in [6, 6.07) is 6.08. The maximum absolute atomic E-state index is 12.4. The Morgan fingerprint density at radius 3 is 2.93 bits per heavy atom. The van der Waals surface area contributed by atoms with Crippen LogP contribution in [0.2, 0.25) is 0 Å². The summed E-state index contributed by atoms with van der Waals surface area (Å²) in [6.45, 7) is 5.46. The van der Waals surface area contributed by atoms with E-state index < -0.39 is 0 Å². The number of fused-ring (bicyclic) bond motifs is 1. The van der Waals surface area contributed by atoms with Crippen LogP contribution in [0, 0.1) is 0 Å². The molecule has 3 aliphatic rings. The van der Waals surface area contributed by atoms with Gasteiger partial charge in [0.1, 0.15) is 5.60 Å². The molecule has 3 heterocycles. The summed E-state index contributed by atoms with van der Waals surface area (Å²) in [6.07, 6.45) is 5.32. The molecule has 1 aromatic carbocycles. The first-order valence-corrected chi connectivity index (χ1v) is 9.62. The van der Waals surface area contributed by atoms with E-state index >= 15 is 0 Å². The molecule has 0 bridgehead atoms. The van der Waals surface area contributed by atoms with Crippen LogP contribution >= 0.6 is 0 Å². The lowest BCUT2D eigenvalue weighted by molar-refractivity contribution is -0.139. The van der Waals surface area contributed by atoms with Crippen molar-refractivity contribution in [1.82, 2.24) is 19.9 Å². The van der Waals surface area contributed by atoms with Gasteiger partial charge in [0.05, 0.1) is 11.7 Å². The fourth-order valence-electron chi connectivity index (χ4n) is 3.79. The Kier molecular flexibility index (Phi) is 3.67. The van der Waals surface area contributed by atoms with Crippen molar-refractivity contribution in [3.8, 4) is 11.5 Å². The molecule has 1 amide bonds. The van der Waals surface area contributed by atoms with Crippen molar-refractivity contribution in [1.29, 1.82) is 0 Å². The van der Waals surface area contributed by atoms with Crippen molar-refractivity contribution in [2.24, 2.45) is 0 Å². The van der Waals surface area contributed by atoms with Crippen LogP contribution in [-0.2, 0) is 11.2 Å². The molecule has 0 unspecified atom stereocenters. The molecular weight excluding hydrogens is 344 g/mol. The number of carbonyl (C=O) groups excluding carboxylic acids is 1. The Morgan fingerprint density at radius 1 is 1.33 bits per heavy atom. The lowest BCUT2D eigenvalue weighted by Gasteiger charge is -2.38. The molecule has 0 N–H and O–H groups in total. The van der Waals surface area contributed by atoms with Gasteiger partial charge in [0.2, 0.25) is 0 Å². The minimum absolute atomic E-state index is 0.0105. The molecule has 5 rings (SSSR count). The highest BCUT2D eigenvalue weighted by Gasteiger charge is 2.35. The van der Waals surface area contributed by atoms with E-state index in [1.165, 1.54) is 12.8 Å². The molecule has 27 heavy (non-hydrogen) atoms. The Hall–Kier alpha value is -2.57. The molecule has 2 fully saturated rings. The number of carbonyl (C=O) groups is 1. The van der Waals surface area contributed by atoms with Gasteiger partial charge in [-0.15, -0.1) is 5.10 Å². The second kappa shape index (κ2) is 5.97. The van der Waals surface area contributed by atoms with Gasteiger partial charge in [-0.25, -0.2) is 4.68 Å². The van der Waals surface area contributed by atoms with Crippen molar-refractivity contribution in [3.63, 3.8) is 0 Å². The van der Waals surface area contributed by atoms with Gasteiger partial charge in [0.25, 0.3) is 5.91 Å². The third kappa shape index (κ3) is 3.15. The molecule has 142 valence electrons. The molecule has 1 saturated heterocycles. The first-order chi connectivity index (χ1) is 13.0. The van der Waals surface area contributed by atoms with Gasteiger partial charge in [-0.05, 0) is 32.8 Å². The van der Waals surface area contributed by atoms with Gasteiger partial charge in [-0.2, -0.15) is 0 Å². The molecule has 7 nitrogen and oxygen atoms in total. The van der Waals surface area contributed by atoms with Crippen molar-refractivity contribution in [2.45, 2.75) is 50.7 Å². The number of nitrogens with zero attached hydrogens (tertiary/aromatic N) is 4. The molecule has 0 atom stereocenters. The number of ether oxygens (including phenoxy) is 2. The number of benzene rings is 1. The predicted molar refractivity (Wildman–Crippen MR) is 98.0 cm³/mol. The topological polar surface area (TPSA) is 69.5 Å². The third-order valence-corrected chi connectivity index (χ3v) is 5.52. The zero-order chi connectivity index (χ0) is 18.6. The summed E-state index contributed by atoms with van der Waals surface area (Å²) in [7, 11) is 0. The summed E-state index contributed by atoms with van der Waals surface area (Å²) in [5, 5.41) is 8.46. The van der Waals surface area contributed by atoms with Crippen LogP contribution in [-0.4, -0.2) is 51.1 Å². The highest BCUT2D eigenvalue weighted by molar-refractivity contribution is 5.78. The Balaban J connectivity index is 1.15. The number of aromatic nitrogens is 3. The summed E-state index contributed by atoms with van der Waals surface area (Å²) in [4.78, 5) is 14.2. The second-order valence-electron chi connectivity index (χ2n) is 8.42. The minimum atomic E-state index is -0.229. The smallest absolute Gasteiger partial charge is 0.260 e. The first-order valence-electron chi connectivity index (χ1n) is 9.62. The molecule has 0 spiro atoms. The van der Waals surface area contributed by atoms with Crippen molar-refractivity contribution in [3.05, 3.63) is 35.7 Å². The van der Waals surface area contributed by atoms with Crippen molar-refractivity contribution < 1.29 is 14.3 Å². The van der Waals surface area contributed by atoms with Crippen molar-refractivity contribution >= 4 is 5.91 Å². The monoisotopic (exact) mass is 368 g/mol. The SMILES string of the molecule is CC1(C)Cc2cccc(OCC(=O)N3CC(n4cc(C5CC5)nn4)C3)c2O1. The zero-order valence-electron chi connectivity index (χ0n) is 15.7. The Bertz CT molecular complexity index is 881. The highest BCUT2D eigenvalue weighted by atomic mass is 16.5. The maximum Gasteiger partial charge on any atom is 0.260 e. The molecule has 2 aliphatic heterocycles. The number of rotatable bonds is 5. The first kappa shape index (κ1) is 16.6. The number of likely N-dealkylation sites (tertiary alicyclic amines) is 1. The maximum atomic E-state index is 12.4. The van der Waals surface area contributed by atoms with Crippen LogP contribution in [0.1, 0.15) is 49.9 Å². The van der Waals surface area contributed by atoms with Gasteiger partial charge in [0.15, 0.2) is 18.1 Å². The summed E-state index contributed by atoms with van der Waals surface area (Å²) in [5.74, 6) is 2.01. The van der Waals surface area contributed by atoms with Gasteiger partial charge in [-0.3, -0.25) is 4.79 Å². The van der Waals surface area contributed by atoms with Crippen molar-refractivity contribution in [2.75, 3.05) is 19.7 Å². The zero-order valence-corrected chi connectivity index (χ0v) is 15.7. The van der Waals surface area contributed by atoms with E-state index in [1.807, 2.05) is 29.1 Å². The Labute approximate surface area is 158 Å². The number of para-hydroxylation sites is 1. The van der Waals surface area contributed by atoms with Gasteiger partial charge in [0, 0.05) is 37.2 Å². The fourth-order valence-corrected chi connectivity index (χ4v) is 3.79. The van der Waals surface area contributed by atoms with Crippen LogP contribution in [0.25, 0.3) is 0 Å². The van der Waals surface area contributed by atoms with E-state index in [1.54, 1.807) is 4.90 Å². The Morgan fingerprint density at radius 2 is 2.15 bits per heavy atom. The molecule has 2 aromatic rings. The third-order valence-electron chi connectivity index (χ3n) is 5.52. The molecule has 7 heteroatoms. The number of amides is 1. The summed E-state index contributed by atoms with van der Waals surface area (Å²) in [5.41, 5.74) is 1.99. The molecule has 1 saturated carbocycles. The quantitative estimate of drug-likeness (QED) is 0.810. The van der Waals surface area contributed by atoms with E-state index in [0.717, 1.165) is 23.4 Å². The molecule has 0 radical (unpaired) electrons. The van der Waals surface area contributed by atoms with Gasteiger partial charge >= 0.3 is 0 Å². The minimum Gasteiger partial charge on any atom is -0.483 e. The molecule has 1 aromatic heterocycles. The van der Waals surface area contributed by atoms with E-state index in [2.05, 4.69) is 24.2 Å². The number of hydrogen-bond donors (Lipinski definition) is 0. The molecular formula is C20H24N4O3. The van der Waals surface area contributed by atoms with Crippen LogP contribution < -0.4 is 9.47 Å². The van der Waals surface area contributed by atoms with E-state index in [4.69, 9.17) is 9.47 Å². The van der Waals surface area contributed by atoms with Gasteiger partial charge in [-0.1, -0.05) is 17.3 Å². The average molecular weight is 368 g/mol. The normalized spacial score (nSPS) is 20.7. The van der Waals surface area contributed by atoms with Crippen LogP contribution in [0.4, 0.5) is 0 Å². The molecule has 1 aliphatic carbocycles. The van der Waals surface area contributed by atoms with E-state index in [9.17, 15) is 4.79 Å². The fraction of sp³-hybridized carbons (Fsp3) is 0.550. The van der Waals surface area contributed by atoms with Gasteiger partial charge < -0.3 is 14.4 Å². The van der Waals surface area contributed by atoms with Crippen LogP contribution in [0.15, 0.2) is 24.4 Å². The lowest BCUT2D eigenvalue weighted by atomic mass is 10.0. The second-order valence-corrected chi connectivity index (χ2v) is 8.42. The van der Waals surface area contributed by atoms with Crippen LogP contribution in [0.3, 0.4) is 0 Å². The summed E-state index contributed by atoms with van der Waals surface area (Å²) < 4.78 is 13.7. The van der Waals surface area contributed by atoms with E-state index in [0.29, 0.717) is 24.8 Å². The number of hydrogen-bond acceptors (Lipinski definition) is 5. The van der Waals surface area contributed by atoms with E-state index in [-0.39, 0.29) is 24.2 Å². The standard InChI is InChI=1S/C20H24N4O3/c1-20(2)8-14-4-3-5-17(19(14)27-20)26-12-18(25)23-9-15(10-23)24-11-16(21-22-24)13-6-7-13/h3-5,11,13,15H,6-10,12H2,1-2H3. The summed E-state index contributed by atoms with van der Waals surface area (Å²) >= 11 is 0. The largest absolute Gasteiger partial charge is 0.483 e.